The highest BCUT2D eigenvalue weighted by molar-refractivity contribution is 9.10. The van der Waals surface area contributed by atoms with Crippen molar-refractivity contribution in [3.05, 3.63) is 33.3 Å². The van der Waals surface area contributed by atoms with Gasteiger partial charge >= 0.3 is 5.69 Å². The Kier molecular flexibility index (Phi) is 1.96. The van der Waals surface area contributed by atoms with E-state index in [-0.39, 0.29) is 11.2 Å². The second-order valence-corrected chi connectivity index (χ2v) is 6.81. The summed E-state index contributed by atoms with van der Waals surface area (Å²) in [5.74, 6) is 0.800. The predicted molar refractivity (Wildman–Crippen MR) is 82.9 cm³/mol. The minimum Gasteiger partial charge on any atom is -0.489 e. The van der Waals surface area contributed by atoms with Crippen LogP contribution in [0.15, 0.2) is 27.6 Å². The molecular weight excluding hydrogens is 334 g/mol. The van der Waals surface area contributed by atoms with Gasteiger partial charge in [-0.15, -0.1) is 0 Å². The third kappa shape index (κ3) is 1.27. The molecule has 2 aliphatic rings. The molecule has 0 N–H and O–H groups in total. The van der Waals surface area contributed by atoms with Crippen LogP contribution in [0, 0.1) is 0 Å². The lowest BCUT2D eigenvalue weighted by Gasteiger charge is -2.15. The molecule has 2 aromatic heterocycles. The molecule has 106 valence electrons. The second-order valence-electron chi connectivity index (χ2n) is 5.95. The van der Waals surface area contributed by atoms with Gasteiger partial charge in [0.1, 0.15) is 12.4 Å². The van der Waals surface area contributed by atoms with Gasteiger partial charge in [0.25, 0.3) is 0 Å². The zero-order valence-corrected chi connectivity index (χ0v) is 13.0. The van der Waals surface area contributed by atoms with Crippen LogP contribution in [0.25, 0.3) is 21.9 Å². The lowest BCUT2D eigenvalue weighted by molar-refractivity contribution is 0.240. The highest BCUT2D eigenvalue weighted by Gasteiger charge is 2.49. The third-order valence-electron chi connectivity index (χ3n) is 4.74. The van der Waals surface area contributed by atoms with Crippen LogP contribution in [0.5, 0.6) is 5.75 Å². The van der Waals surface area contributed by atoms with Gasteiger partial charge in [-0.2, -0.15) is 0 Å². The molecule has 1 spiro atoms. The average molecular weight is 346 g/mol. The van der Waals surface area contributed by atoms with Crippen molar-refractivity contribution in [1.82, 2.24) is 14.1 Å². The van der Waals surface area contributed by atoms with E-state index in [1.165, 1.54) is 0 Å². The second kappa shape index (κ2) is 3.50. The molecule has 5 nitrogen and oxygen atoms in total. The number of hydrogen-bond donors (Lipinski definition) is 0. The zero-order valence-electron chi connectivity index (χ0n) is 11.4. The maximum atomic E-state index is 12.7. The number of halogens is 1. The van der Waals surface area contributed by atoms with E-state index in [4.69, 9.17) is 4.74 Å². The monoisotopic (exact) mass is 345 g/mol. The number of rotatable bonds is 0. The van der Waals surface area contributed by atoms with Gasteiger partial charge in [0.2, 0.25) is 0 Å². The van der Waals surface area contributed by atoms with Gasteiger partial charge in [-0.1, -0.05) is 0 Å². The standard InChI is InChI=1S/C15H12BrN3O2/c1-18-10-6-17-9-3-2-8(16)13-11(9)12(10)19(14(18)20)15(4-5-15)7-21-13/h2-3,6H,4-5,7H2,1H3. The molecule has 0 amide bonds. The van der Waals surface area contributed by atoms with Crippen LogP contribution < -0.4 is 10.4 Å². The van der Waals surface area contributed by atoms with Gasteiger partial charge in [-0.3, -0.25) is 14.1 Å². The van der Waals surface area contributed by atoms with Gasteiger partial charge in [0, 0.05) is 7.05 Å². The van der Waals surface area contributed by atoms with Crippen LogP contribution in [-0.2, 0) is 12.6 Å². The van der Waals surface area contributed by atoms with Crippen LogP contribution in [-0.4, -0.2) is 20.7 Å². The van der Waals surface area contributed by atoms with E-state index in [9.17, 15) is 4.79 Å². The van der Waals surface area contributed by atoms with Gasteiger partial charge in [-0.05, 0) is 40.9 Å². The quantitative estimate of drug-likeness (QED) is 0.629. The minimum atomic E-state index is -0.177. The smallest absolute Gasteiger partial charge is 0.329 e. The van der Waals surface area contributed by atoms with Gasteiger partial charge in [0.15, 0.2) is 0 Å². The number of aromatic nitrogens is 3. The summed E-state index contributed by atoms with van der Waals surface area (Å²) in [6.07, 6.45) is 3.76. The summed E-state index contributed by atoms with van der Waals surface area (Å²) in [6, 6.07) is 3.91. The van der Waals surface area contributed by atoms with Crippen molar-refractivity contribution in [2.45, 2.75) is 18.4 Å². The highest BCUT2D eigenvalue weighted by Crippen LogP contribution is 2.49. The summed E-state index contributed by atoms with van der Waals surface area (Å²) in [7, 11) is 1.81. The molecule has 1 aromatic carbocycles. The molecule has 0 unspecified atom stereocenters. The fourth-order valence-electron chi connectivity index (χ4n) is 3.39. The summed E-state index contributed by atoms with van der Waals surface area (Å²) < 4.78 is 10.6. The van der Waals surface area contributed by atoms with E-state index < -0.39 is 0 Å². The Balaban J connectivity index is 2.14. The SMILES string of the molecule is Cn1c(=O)n2c3c4c(c(Br)ccc4ncc31)OCC21CC1. The predicted octanol–water partition coefficient (Wildman–Crippen LogP) is 2.53. The lowest BCUT2D eigenvalue weighted by atomic mass is 10.1. The number of imidazole rings is 1. The maximum Gasteiger partial charge on any atom is 0.329 e. The van der Waals surface area contributed by atoms with E-state index in [2.05, 4.69) is 20.9 Å². The average Bonchev–Trinajstić information content (AvgIpc) is 3.23. The van der Waals surface area contributed by atoms with Crippen molar-refractivity contribution in [3.8, 4) is 5.75 Å². The molecule has 21 heavy (non-hydrogen) atoms. The molecule has 1 saturated carbocycles. The number of fused-ring (bicyclic) bond motifs is 1. The van der Waals surface area contributed by atoms with Crippen molar-refractivity contribution in [2.24, 2.45) is 7.05 Å². The third-order valence-corrected chi connectivity index (χ3v) is 5.37. The Morgan fingerprint density at radius 2 is 2.19 bits per heavy atom. The first-order valence-corrected chi connectivity index (χ1v) is 7.74. The maximum absolute atomic E-state index is 12.7. The summed E-state index contributed by atoms with van der Waals surface area (Å²) in [5, 5.41) is 0.934. The van der Waals surface area contributed by atoms with Crippen LogP contribution in [0.1, 0.15) is 12.8 Å². The summed E-state index contributed by atoms with van der Waals surface area (Å²) in [5.41, 5.74) is 2.52. The Hall–Kier alpha value is -1.82. The topological polar surface area (TPSA) is 49.0 Å². The number of pyridine rings is 1. The number of benzene rings is 1. The Bertz CT molecular complexity index is 998. The molecular formula is C15H12BrN3O2. The van der Waals surface area contributed by atoms with Crippen LogP contribution in [0.4, 0.5) is 0 Å². The molecule has 3 heterocycles. The Morgan fingerprint density at radius 1 is 1.38 bits per heavy atom. The van der Waals surface area contributed by atoms with Crippen molar-refractivity contribution in [1.29, 1.82) is 0 Å². The fourth-order valence-corrected chi connectivity index (χ4v) is 3.83. The van der Waals surface area contributed by atoms with Crippen LogP contribution in [0.3, 0.4) is 0 Å². The molecule has 1 aliphatic carbocycles. The van der Waals surface area contributed by atoms with E-state index >= 15 is 0 Å². The van der Waals surface area contributed by atoms with Crippen LogP contribution in [0.2, 0.25) is 0 Å². The number of aryl methyl sites for hydroxylation is 1. The van der Waals surface area contributed by atoms with Crippen molar-refractivity contribution >= 4 is 37.9 Å². The summed E-state index contributed by atoms with van der Waals surface area (Å²) in [6.45, 7) is 0.540. The first-order valence-electron chi connectivity index (χ1n) is 6.94. The normalized spacial score (nSPS) is 18.4. The van der Waals surface area contributed by atoms with Gasteiger partial charge in [-0.25, -0.2) is 4.79 Å². The van der Waals surface area contributed by atoms with Crippen molar-refractivity contribution < 1.29 is 4.74 Å². The summed E-state index contributed by atoms with van der Waals surface area (Å²) in [4.78, 5) is 17.2. The molecule has 0 bridgehead atoms. The molecule has 6 heteroatoms. The molecule has 0 atom stereocenters. The number of hydrogen-bond acceptors (Lipinski definition) is 3. The number of ether oxygens (including phenoxy) is 1. The zero-order chi connectivity index (χ0) is 14.4. The molecule has 0 radical (unpaired) electrons. The summed E-state index contributed by atoms with van der Waals surface area (Å²) >= 11 is 3.56. The fraction of sp³-hybridized carbons (Fsp3) is 0.333. The largest absolute Gasteiger partial charge is 0.489 e. The Morgan fingerprint density at radius 3 is 2.95 bits per heavy atom. The minimum absolute atomic E-state index is 0.0215. The van der Waals surface area contributed by atoms with E-state index in [0.717, 1.165) is 45.0 Å². The molecule has 1 aliphatic heterocycles. The highest BCUT2D eigenvalue weighted by atomic mass is 79.9. The lowest BCUT2D eigenvalue weighted by Crippen LogP contribution is -2.34. The first-order chi connectivity index (χ1) is 10.1. The van der Waals surface area contributed by atoms with E-state index in [0.29, 0.717) is 6.61 Å². The number of nitrogens with zero attached hydrogens (tertiary/aromatic N) is 3. The van der Waals surface area contributed by atoms with Gasteiger partial charge < -0.3 is 4.74 Å². The van der Waals surface area contributed by atoms with Crippen LogP contribution >= 0.6 is 15.9 Å². The first kappa shape index (κ1) is 11.8. The Labute approximate surface area is 128 Å². The molecule has 0 saturated heterocycles. The van der Waals surface area contributed by atoms with Gasteiger partial charge in [0.05, 0.1) is 38.1 Å². The molecule has 3 aromatic rings. The molecule has 1 fully saturated rings. The van der Waals surface area contributed by atoms with Crippen molar-refractivity contribution in [3.63, 3.8) is 0 Å². The van der Waals surface area contributed by atoms with E-state index in [1.54, 1.807) is 10.8 Å². The van der Waals surface area contributed by atoms with E-state index in [1.807, 2.05) is 23.7 Å². The molecule has 5 rings (SSSR count). The van der Waals surface area contributed by atoms with Crippen molar-refractivity contribution in [2.75, 3.05) is 6.61 Å².